The molecule has 1 aromatic rings. The van der Waals surface area contributed by atoms with Gasteiger partial charge in [-0.15, -0.1) is 0 Å². The number of rotatable bonds is 3. The zero-order valence-electron chi connectivity index (χ0n) is 11.3. The molecule has 0 spiro atoms. The highest BCUT2D eigenvalue weighted by Gasteiger charge is 2.24. The Kier molecular flexibility index (Phi) is 4.32. The average Bonchev–Trinajstić information content (AvgIpc) is 2.76. The normalized spacial score (nSPS) is 20.4. The number of amides is 1. The predicted octanol–water partition coefficient (Wildman–Crippen LogP) is 2.07. The molecule has 0 aromatic heterocycles. The van der Waals surface area contributed by atoms with Gasteiger partial charge >= 0.3 is 0 Å². The minimum absolute atomic E-state index is 0.0164. The molecule has 0 saturated carbocycles. The summed E-state index contributed by atoms with van der Waals surface area (Å²) in [5.74, 6) is 0.0188. The summed E-state index contributed by atoms with van der Waals surface area (Å²) in [5, 5.41) is 3.67. The molecule has 0 radical (unpaired) electrons. The minimum atomic E-state index is -0.0164. The van der Waals surface area contributed by atoms with Crippen molar-refractivity contribution in [3.05, 3.63) is 28.8 Å². The van der Waals surface area contributed by atoms with E-state index >= 15 is 0 Å². The molecular formula is C14H20ClN3O. The first-order valence-electron chi connectivity index (χ1n) is 6.54. The molecule has 19 heavy (non-hydrogen) atoms. The Bertz CT molecular complexity index is 476. The van der Waals surface area contributed by atoms with E-state index < -0.39 is 0 Å². The molecule has 1 aromatic carbocycles. The van der Waals surface area contributed by atoms with Gasteiger partial charge in [0.25, 0.3) is 0 Å². The van der Waals surface area contributed by atoms with E-state index in [-0.39, 0.29) is 18.0 Å². The van der Waals surface area contributed by atoms with Crippen LogP contribution in [0.25, 0.3) is 0 Å². The zero-order valence-corrected chi connectivity index (χ0v) is 12.1. The fraction of sp³-hybridized carbons (Fsp3) is 0.500. The molecule has 3 N–H and O–H groups in total. The second-order valence-electron chi connectivity index (χ2n) is 5.13. The summed E-state index contributed by atoms with van der Waals surface area (Å²) in [6, 6.07) is 6.14. The first kappa shape index (κ1) is 14.2. The lowest BCUT2D eigenvalue weighted by atomic mass is 10.1. The van der Waals surface area contributed by atoms with Crippen molar-refractivity contribution >= 4 is 23.2 Å². The molecule has 1 aliphatic rings. The number of nitrogens with zero attached hydrogens (tertiary/aromatic N) is 1. The molecule has 1 amide bonds. The van der Waals surface area contributed by atoms with E-state index in [4.69, 9.17) is 17.3 Å². The molecule has 104 valence electrons. The highest BCUT2D eigenvalue weighted by Crippen LogP contribution is 2.30. The van der Waals surface area contributed by atoms with Gasteiger partial charge in [0.1, 0.15) is 0 Å². The number of hydrogen-bond donors (Lipinski definition) is 2. The van der Waals surface area contributed by atoms with E-state index in [0.29, 0.717) is 0 Å². The summed E-state index contributed by atoms with van der Waals surface area (Å²) in [6.45, 7) is 5.19. The zero-order chi connectivity index (χ0) is 14.0. The molecule has 1 saturated heterocycles. The van der Waals surface area contributed by atoms with Gasteiger partial charge in [0.15, 0.2) is 0 Å². The Morgan fingerprint density at radius 2 is 2.32 bits per heavy atom. The topological polar surface area (TPSA) is 58.4 Å². The Hall–Kier alpha value is -1.26. The lowest BCUT2D eigenvalue weighted by Gasteiger charge is -2.21. The Balaban J connectivity index is 2.09. The third-order valence-electron chi connectivity index (χ3n) is 3.43. The molecule has 0 aliphatic carbocycles. The van der Waals surface area contributed by atoms with Gasteiger partial charge in [0, 0.05) is 32.1 Å². The van der Waals surface area contributed by atoms with Crippen LogP contribution in [0, 0.1) is 0 Å². The summed E-state index contributed by atoms with van der Waals surface area (Å²) >= 11 is 6.32. The molecule has 4 nitrogen and oxygen atoms in total. The van der Waals surface area contributed by atoms with Crippen LogP contribution in [-0.4, -0.2) is 25.0 Å². The highest BCUT2D eigenvalue weighted by atomic mass is 35.5. The van der Waals surface area contributed by atoms with Crippen molar-refractivity contribution < 1.29 is 4.79 Å². The number of halogens is 1. The van der Waals surface area contributed by atoms with Crippen molar-refractivity contribution in [2.24, 2.45) is 5.73 Å². The minimum Gasteiger partial charge on any atom is -0.368 e. The molecular weight excluding hydrogens is 262 g/mol. The van der Waals surface area contributed by atoms with Crippen molar-refractivity contribution in [1.29, 1.82) is 0 Å². The van der Waals surface area contributed by atoms with Crippen LogP contribution in [-0.2, 0) is 4.79 Å². The van der Waals surface area contributed by atoms with E-state index in [1.54, 1.807) is 6.92 Å². The first-order valence-corrected chi connectivity index (χ1v) is 6.92. The maximum absolute atomic E-state index is 11.1. The smallest absolute Gasteiger partial charge is 0.217 e. The Morgan fingerprint density at radius 1 is 1.58 bits per heavy atom. The average molecular weight is 282 g/mol. The van der Waals surface area contributed by atoms with Gasteiger partial charge in [-0.05, 0) is 31.0 Å². The number of carbonyl (C=O) groups is 1. The number of nitrogens with two attached hydrogens (primary N) is 1. The molecule has 2 rings (SSSR count). The largest absolute Gasteiger partial charge is 0.368 e. The summed E-state index contributed by atoms with van der Waals surface area (Å²) in [5.41, 5.74) is 7.89. The van der Waals surface area contributed by atoms with Crippen LogP contribution in [0.5, 0.6) is 0 Å². The van der Waals surface area contributed by atoms with Crippen LogP contribution in [0.3, 0.4) is 0 Å². The SMILES string of the molecule is CC(=O)NC1CCN(c2ccc([C@@H](C)N)cc2Cl)C1. The number of carbonyl (C=O) groups excluding carboxylic acids is 1. The third-order valence-corrected chi connectivity index (χ3v) is 3.74. The van der Waals surface area contributed by atoms with Crippen molar-refractivity contribution in [2.75, 3.05) is 18.0 Å². The highest BCUT2D eigenvalue weighted by molar-refractivity contribution is 6.33. The number of benzene rings is 1. The molecule has 5 heteroatoms. The van der Waals surface area contributed by atoms with Gasteiger partial charge in [0.2, 0.25) is 5.91 Å². The van der Waals surface area contributed by atoms with E-state index in [9.17, 15) is 4.79 Å². The van der Waals surface area contributed by atoms with Crippen LogP contribution < -0.4 is 16.0 Å². The van der Waals surface area contributed by atoms with Gasteiger partial charge in [-0.1, -0.05) is 17.7 Å². The Labute approximate surface area is 118 Å². The van der Waals surface area contributed by atoms with Gasteiger partial charge in [-0.25, -0.2) is 0 Å². The summed E-state index contributed by atoms with van der Waals surface area (Å²) in [6.07, 6.45) is 0.949. The van der Waals surface area contributed by atoms with Crippen LogP contribution in [0.4, 0.5) is 5.69 Å². The summed E-state index contributed by atoms with van der Waals surface area (Å²) in [4.78, 5) is 13.3. The number of nitrogens with one attached hydrogen (secondary N) is 1. The van der Waals surface area contributed by atoms with Crippen molar-refractivity contribution in [1.82, 2.24) is 5.32 Å². The van der Waals surface area contributed by atoms with Gasteiger partial charge in [-0.2, -0.15) is 0 Å². The lowest BCUT2D eigenvalue weighted by molar-refractivity contribution is -0.119. The van der Waals surface area contributed by atoms with Crippen LogP contribution in [0.15, 0.2) is 18.2 Å². The molecule has 1 unspecified atom stereocenters. The molecule has 2 atom stereocenters. The van der Waals surface area contributed by atoms with Crippen LogP contribution in [0.2, 0.25) is 5.02 Å². The first-order chi connectivity index (χ1) is 8.97. The van der Waals surface area contributed by atoms with Gasteiger partial charge < -0.3 is 16.0 Å². The van der Waals surface area contributed by atoms with Gasteiger partial charge in [-0.3, -0.25) is 4.79 Å². The summed E-state index contributed by atoms with van der Waals surface area (Å²) in [7, 11) is 0. The maximum atomic E-state index is 11.1. The second kappa shape index (κ2) is 5.80. The van der Waals surface area contributed by atoms with E-state index in [0.717, 1.165) is 35.8 Å². The van der Waals surface area contributed by atoms with Crippen molar-refractivity contribution in [3.8, 4) is 0 Å². The standard InChI is InChI=1S/C14H20ClN3O/c1-9(16)11-3-4-14(13(15)7-11)18-6-5-12(8-18)17-10(2)19/h3-4,7,9,12H,5-6,8,16H2,1-2H3,(H,17,19)/t9-,12?/m1/s1. The van der Waals surface area contributed by atoms with Crippen molar-refractivity contribution in [2.45, 2.75) is 32.4 Å². The lowest BCUT2D eigenvalue weighted by Crippen LogP contribution is -2.35. The van der Waals surface area contributed by atoms with E-state index in [1.165, 1.54) is 0 Å². The summed E-state index contributed by atoms with van der Waals surface area (Å²) < 4.78 is 0. The van der Waals surface area contributed by atoms with Crippen molar-refractivity contribution in [3.63, 3.8) is 0 Å². The second-order valence-corrected chi connectivity index (χ2v) is 5.54. The van der Waals surface area contributed by atoms with Crippen LogP contribution in [0.1, 0.15) is 31.9 Å². The van der Waals surface area contributed by atoms with E-state index in [1.807, 2.05) is 25.1 Å². The maximum Gasteiger partial charge on any atom is 0.217 e. The van der Waals surface area contributed by atoms with E-state index in [2.05, 4.69) is 10.2 Å². The molecule has 1 fully saturated rings. The Morgan fingerprint density at radius 3 is 2.89 bits per heavy atom. The number of anilines is 1. The monoisotopic (exact) mass is 281 g/mol. The van der Waals surface area contributed by atoms with Crippen LogP contribution >= 0.6 is 11.6 Å². The quantitative estimate of drug-likeness (QED) is 0.892. The predicted molar refractivity (Wildman–Crippen MR) is 78.5 cm³/mol. The molecule has 0 bridgehead atoms. The number of hydrogen-bond acceptors (Lipinski definition) is 3. The molecule has 1 heterocycles. The third kappa shape index (κ3) is 3.39. The fourth-order valence-electron chi connectivity index (χ4n) is 2.45. The van der Waals surface area contributed by atoms with Gasteiger partial charge in [0.05, 0.1) is 10.7 Å². The molecule has 1 aliphatic heterocycles. The fourth-order valence-corrected chi connectivity index (χ4v) is 2.76.